The van der Waals surface area contributed by atoms with Crippen molar-refractivity contribution >= 4 is 10.8 Å². The number of hydrogen-bond acceptors (Lipinski definition) is 3. The fourth-order valence-corrected chi connectivity index (χ4v) is 3.92. The van der Waals surface area contributed by atoms with Crippen LogP contribution in [-0.2, 0) is 13.1 Å². The van der Waals surface area contributed by atoms with Gasteiger partial charge in [0.1, 0.15) is 5.82 Å². The number of aromatic nitrogens is 2. The van der Waals surface area contributed by atoms with Gasteiger partial charge in [-0.15, -0.1) is 0 Å². The Morgan fingerprint density at radius 1 is 0.846 bits per heavy atom. The highest BCUT2D eigenvalue weighted by molar-refractivity contribution is 5.95. The molecular weight excluding hydrogens is 320 g/mol. The van der Waals surface area contributed by atoms with Gasteiger partial charge in [-0.3, -0.25) is 4.90 Å². The van der Waals surface area contributed by atoms with Gasteiger partial charge in [0.05, 0.1) is 5.69 Å². The molecule has 0 atom stereocenters. The summed E-state index contributed by atoms with van der Waals surface area (Å²) >= 11 is 0. The molecule has 1 fully saturated rings. The predicted octanol–water partition coefficient (Wildman–Crippen LogP) is 3.86. The van der Waals surface area contributed by atoms with E-state index in [1.54, 1.807) is 0 Å². The van der Waals surface area contributed by atoms with Crippen molar-refractivity contribution < 1.29 is 0 Å². The molecule has 0 saturated carbocycles. The normalized spacial score (nSPS) is 16.4. The minimum atomic E-state index is 0.940. The minimum Gasteiger partial charge on any atom is -0.331 e. The predicted molar refractivity (Wildman–Crippen MR) is 108 cm³/mol. The van der Waals surface area contributed by atoms with Gasteiger partial charge in [-0.05, 0) is 24.2 Å². The number of likely N-dealkylation sites (N-methyl/N-ethyl adjacent to an activating group) is 1. The van der Waals surface area contributed by atoms with Crippen molar-refractivity contribution in [3.05, 3.63) is 54.4 Å². The molecule has 0 aliphatic carbocycles. The summed E-state index contributed by atoms with van der Waals surface area (Å²) < 4.78 is 2.29. The molecule has 0 bridgehead atoms. The van der Waals surface area contributed by atoms with E-state index in [-0.39, 0.29) is 0 Å². The molecule has 0 N–H and O–H groups in total. The summed E-state index contributed by atoms with van der Waals surface area (Å²) in [5, 5.41) is 2.55. The molecule has 26 heavy (non-hydrogen) atoms. The number of aryl methyl sites for hydroxylation is 1. The fourth-order valence-electron chi connectivity index (χ4n) is 3.92. The summed E-state index contributed by atoms with van der Waals surface area (Å²) in [6, 6.07) is 15.1. The maximum Gasteiger partial charge on any atom is 0.140 e. The highest BCUT2D eigenvalue weighted by Crippen LogP contribution is 2.28. The lowest BCUT2D eigenvalue weighted by molar-refractivity contribution is 0.131. The average molecular weight is 348 g/mol. The lowest BCUT2D eigenvalue weighted by atomic mass is 10.0. The molecular formula is C22H28N4. The lowest BCUT2D eigenvalue weighted by Gasteiger charge is -2.33. The van der Waals surface area contributed by atoms with Crippen LogP contribution in [0.1, 0.15) is 19.5 Å². The zero-order valence-corrected chi connectivity index (χ0v) is 15.9. The summed E-state index contributed by atoms with van der Waals surface area (Å²) in [6.07, 6.45) is 2.24. The van der Waals surface area contributed by atoms with Crippen LogP contribution in [0.15, 0.2) is 48.7 Å². The smallest absolute Gasteiger partial charge is 0.140 e. The minimum absolute atomic E-state index is 0.940. The van der Waals surface area contributed by atoms with Gasteiger partial charge < -0.3 is 9.47 Å². The Bertz CT molecular complexity index is 869. The number of benzene rings is 2. The Kier molecular flexibility index (Phi) is 5.05. The Hall–Kier alpha value is -2.17. The molecule has 2 aromatic carbocycles. The van der Waals surface area contributed by atoms with Crippen LogP contribution in [0.4, 0.5) is 0 Å². The van der Waals surface area contributed by atoms with Crippen LogP contribution >= 0.6 is 0 Å². The van der Waals surface area contributed by atoms with Crippen LogP contribution in [0.3, 0.4) is 0 Å². The second kappa shape index (κ2) is 7.60. The number of nitrogens with zero attached hydrogens (tertiary/aromatic N) is 4. The maximum absolute atomic E-state index is 5.04. The zero-order chi connectivity index (χ0) is 17.9. The third-order valence-corrected chi connectivity index (χ3v) is 5.50. The van der Waals surface area contributed by atoms with E-state index < -0.39 is 0 Å². The summed E-state index contributed by atoms with van der Waals surface area (Å²) in [6.45, 7) is 12.1. The Morgan fingerprint density at radius 2 is 1.58 bits per heavy atom. The summed E-state index contributed by atoms with van der Waals surface area (Å²) in [7, 11) is 0. The van der Waals surface area contributed by atoms with E-state index >= 15 is 0 Å². The van der Waals surface area contributed by atoms with Crippen LogP contribution < -0.4 is 0 Å². The molecule has 1 aliphatic rings. The quantitative estimate of drug-likeness (QED) is 0.700. The highest BCUT2D eigenvalue weighted by atomic mass is 15.3. The van der Waals surface area contributed by atoms with Crippen LogP contribution in [0.2, 0.25) is 0 Å². The molecule has 1 aromatic heterocycles. The molecule has 1 saturated heterocycles. The zero-order valence-electron chi connectivity index (χ0n) is 15.9. The molecule has 4 heteroatoms. The first-order chi connectivity index (χ1) is 12.8. The largest absolute Gasteiger partial charge is 0.331 e. The molecule has 3 aromatic rings. The summed E-state index contributed by atoms with van der Waals surface area (Å²) in [5.41, 5.74) is 2.41. The van der Waals surface area contributed by atoms with Gasteiger partial charge in [0.15, 0.2) is 0 Å². The van der Waals surface area contributed by atoms with Gasteiger partial charge in [0.25, 0.3) is 0 Å². The van der Waals surface area contributed by atoms with Gasteiger partial charge in [-0.25, -0.2) is 4.98 Å². The van der Waals surface area contributed by atoms with Gasteiger partial charge in [0, 0.05) is 51.0 Å². The number of fused-ring (bicyclic) bond motifs is 1. The van der Waals surface area contributed by atoms with E-state index in [0.29, 0.717) is 0 Å². The van der Waals surface area contributed by atoms with Crippen molar-refractivity contribution in [3.63, 3.8) is 0 Å². The average Bonchev–Trinajstić information content (AvgIpc) is 3.10. The molecule has 2 heterocycles. The molecule has 0 radical (unpaired) electrons. The van der Waals surface area contributed by atoms with E-state index in [1.165, 1.54) is 35.1 Å². The third-order valence-electron chi connectivity index (χ3n) is 5.50. The van der Waals surface area contributed by atoms with Crippen molar-refractivity contribution in [3.8, 4) is 11.4 Å². The number of hydrogen-bond donors (Lipinski definition) is 0. The Morgan fingerprint density at radius 3 is 2.35 bits per heavy atom. The molecule has 136 valence electrons. The summed E-state index contributed by atoms with van der Waals surface area (Å²) in [4.78, 5) is 10.1. The Balaban J connectivity index is 1.61. The lowest BCUT2D eigenvalue weighted by Crippen LogP contribution is -2.45. The number of rotatable bonds is 5. The van der Waals surface area contributed by atoms with Crippen molar-refractivity contribution in [1.29, 1.82) is 0 Å². The monoisotopic (exact) mass is 348 g/mol. The highest BCUT2D eigenvalue weighted by Gasteiger charge is 2.18. The van der Waals surface area contributed by atoms with Gasteiger partial charge in [-0.2, -0.15) is 0 Å². The van der Waals surface area contributed by atoms with E-state index in [4.69, 9.17) is 4.98 Å². The molecule has 0 spiro atoms. The Labute approximate surface area is 156 Å². The molecule has 4 nitrogen and oxygen atoms in total. The van der Waals surface area contributed by atoms with Crippen molar-refractivity contribution in [1.82, 2.24) is 19.4 Å². The first-order valence-electron chi connectivity index (χ1n) is 9.77. The fraction of sp³-hybridized carbons (Fsp3) is 0.409. The van der Waals surface area contributed by atoms with Crippen LogP contribution in [0.5, 0.6) is 0 Å². The topological polar surface area (TPSA) is 24.3 Å². The first-order valence-corrected chi connectivity index (χ1v) is 9.77. The molecule has 0 unspecified atom stereocenters. The van der Waals surface area contributed by atoms with Gasteiger partial charge in [-0.1, -0.05) is 49.4 Å². The number of imidazole rings is 1. The van der Waals surface area contributed by atoms with Gasteiger partial charge in [0.2, 0.25) is 0 Å². The summed E-state index contributed by atoms with van der Waals surface area (Å²) in [5.74, 6) is 1.09. The second-order valence-corrected chi connectivity index (χ2v) is 7.08. The van der Waals surface area contributed by atoms with E-state index in [0.717, 1.165) is 38.5 Å². The van der Waals surface area contributed by atoms with E-state index in [9.17, 15) is 0 Å². The van der Waals surface area contributed by atoms with E-state index in [2.05, 4.69) is 76.9 Å². The SMILES string of the molecule is CCN1CCN(Cc2cn(CC)c(-c3cccc4ccccc34)n2)CC1. The van der Waals surface area contributed by atoms with Gasteiger partial charge >= 0.3 is 0 Å². The third kappa shape index (κ3) is 3.39. The molecule has 0 amide bonds. The van der Waals surface area contributed by atoms with Crippen molar-refractivity contribution in [2.75, 3.05) is 32.7 Å². The van der Waals surface area contributed by atoms with Crippen LogP contribution in [0, 0.1) is 0 Å². The maximum atomic E-state index is 5.04. The molecule has 4 rings (SSSR count). The first kappa shape index (κ1) is 17.3. The number of piperazine rings is 1. The van der Waals surface area contributed by atoms with Crippen LogP contribution in [0.25, 0.3) is 22.2 Å². The van der Waals surface area contributed by atoms with E-state index in [1.807, 2.05) is 0 Å². The van der Waals surface area contributed by atoms with Crippen molar-refractivity contribution in [2.24, 2.45) is 0 Å². The standard InChI is InChI=1S/C22H28N4/c1-3-24-12-14-25(15-13-24)16-19-17-26(4-2)22(23-19)21-11-7-9-18-8-5-6-10-20(18)21/h5-11,17H,3-4,12-16H2,1-2H3. The van der Waals surface area contributed by atoms with Crippen LogP contribution in [-0.4, -0.2) is 52.1 Å². The van der Waals surface area contributed by atoms with Crippen molar-refractivity contribution in [2.45, 2.75) is 26.9 Å². The molecule has 1 aliphatic heterocycles. The second-order valence-electron chi connectivity index (χ2n) is 7.08.